The summed E-state index contributed by atoms with van der Waals surface area (Å²) in [6, 6.07) is 1.38. The number of hydrogen-bond donors (Lipinski definition) is 2. The second-order valence-corrected chi connectivity index (χ2v) is 9.03. The van der Waals surface area contributed by atoms with Crippen molar-refractivity contribution in [3.05, 3.63) is 0 Å². The monoisotopic (exact) mass is 496 g/mol. The van der Waals surface area contributed by atoms with Crippen LogP contribution in [-0.2, 0) is 4.74 Å². The molecular weight excluding hydrogens is 459 g/mol. The van der Waals surface area contributed by atoms with Crippen LogP contribution in [0, 0.1) is 0 Å². The maximum Gasteiger partial charge on any atom is 0.191 e. The molecular formula is C19H37IN4OS. The van der Waals surface area contributed by atoms with Crippen LogP contribution in [0.5, 0.6) is 0 Å². The molecule has 3 aliphatic rings. The SMILES string of the molecule is CCNC(=NCC1(SC)CCOCC1)NC1CCN(C2CCCC2)C1.I. The minimum atomic E-state index is 0. The van der Waals surface area contributed by atoms with E-state index in [9.17, 15) is 0 Å². The molecule has 1 atom stereocenters. The summed E-state index contributed by atoms with van der Waals surface area (Å²) in [5.41, 5.74) is 0. The van der Waals surface area contributed by atoms with Crippen molar-refractivity contribution in [1.29, 1.82) is 0 Å². The molecule has 7 heteroatoms. The molecule has 2 N–H and O–H groups in total. The van der Waals surface area contributed by atoms with Crippen molar-refractivity contribution in [2.75, 3.05) is 45.6 Å². The van der Waals surface area contributed by atoms with Crippen LogP contribution in [0.2, 0.25) is 0 Å². The zero-order valence-corrected chi connectivity index (χ0v) is 19.6. The van der Waals surface area contributed by atoms with Gasteiger partial charge in [0.15, 0.2) is 5.96 Å². The van der Waals surface area contributed by atoms with Gasteiger partial charge in [-0.15, -0.1) is 24.0 Å². The van der Waals surface area contributed by atoms with Gasteiger partial charge in [-0.25, -0.2) is 0 Å². The third-order valence-corrected chi connectivity index (χ3v) is 7.51. The predicted molar refractivity (Wildman–Crippen MR) is 123 cm³/mol. The van der Waals surface area contributed by atoms with Crippen molar-refractivity contribution in [3.63, 3.8) is 0 Å². The zero-order chi connectivity index (χ0) is 17.5. The van der Waals surface area contributed by atoms with Crippen molar-refractivity contribution < 1.29 is 4.74 Å². The number of halogens is 1. The standard InChI is InChI=1S/C19H36N4OS.HI/c1-3-20-18(21-15-19(25-2)9-12-24-13-10-19)22-16-8-11-23(14-16)17-6-4-5-7-17;/h16-17H,3-15H2,1-2H3,(H2,20,21,22);1H. The smallest absolute Gasteiger partial charge is 0.191 e. The van der Waals surface area contributed by atoms with Crippen molar-refractivity contribution in [2.45, 2.75) is 68.7 Å². The molecule has 1 unspecified atom stereocenters. The lowest BCUT2D eigenvalue weighted by Crippen LogP contribution is -2.46. The Bertz CT molecular complexity index is 439. The molecule has 0 aromatic carbocycles. The first kappa shape index (κ1) is 22.6. The van der Waals surface area contributed by atoms with E-state index in [0.717, 1.165) is 51.1 Å². The molecule has 26 heavy (non-hydrogen) atoms. The molecule has 0 radical (unpaired) electrons. The number of likely N-dealkylation sites (tertiary alicyclic amines) is 1. The van der Waals surface area contributed by atoms with E-state index in [1.165, 1.54) is 45.2 Å². The van der Waals surface area contributed by atoms with Crippen molar-refractivity contribution in [2.24, 2.45) is 4.99 Å². The van der Waals surface area contributed by atoms with Crippen LogP contribution in [0.4, 0.5) is 0 Å². The maximum absolute atomic E-state index is 5.55. The Morgan fingerprint density at radius 3 is 2.62 bits per heavy atom. The molecule has 1 saturated carbocycles. The van der Waals surface area contributed by atoms with E-state index in [4.69, 9.17) is 9.73 Å². The lowest BCUT2D eigenvalue weighted by molar-refractivity contribution is 0.0794. The van der Waals surface area contributed by atoms with E-state index in [-0.39, 0.29) is 28.7 Å². The Kier molecular flexibility index (Phi) is 9.82. The number of hydrogen-bond acceptors (Lipinski definition) is 4. The van der Waals surface area contributed by atoms with Crippen LogP contribution in [-0.4, -0.2) is 73.3 Å². The number of aliphatic imine (C=N–C) groups is 1. The van der Waals surface area contributed by atoms with Gasteiger partial charge in [0.25, 0.3) is 0 Å². The average molecular weight is 497 g/mol. The largest absolute Gasteiger partial charge is 0.381 e. The molecule has 0 aromatic rings. The van der Waals surface area contributed by atoms with Crippen molar-refractivity contribution in [3.8, 4) is 0 Å². The van der Waals surface area contributed by atoms with Gasteiger partial charge in [0.2, 0.25) is 0 Å². The van der Waals surface area contributed by atoms with E-state index in [1.807, 2.05) is 11.8 Å². The highest BCUT2D eigenvalue weighted by atomic mass is 127. The third-order valence-electron chi connectivity index (χ3n) is 6.11. The van der Waals surface area contributed by atoms with Crippen LogP contribution < -0.4 is 10.6 Å². The van der Waals surface area contributed by atoms with E-state index >= 15 is 0 Å². The molecule has 2 saturated heterocycles. The Balaban J connectivity index is 0.00000243. The van der Waals surface area contributed by atoms with Gasteiger partial charge in [0.05, 0.1) is 6.54 Å². The second kappa shape index (κ2) is 11.3. The lowest BCUT2D eigenvalue weighted by atomic mass is 9.99. The number of nitrogens with zero attached hydrogens (tertiary/aromatic N) is 2. The number of nitrogens with one attached hydrogen (secondary N) is 2. The van der Waals surface area contributed by atoms with E-state index in [2.05, 4.69) is 28.7 Å². The first-order chi connectivity index (χ1) is 12.2. The van der Waals surface area contributed by atoms with Crippen LogP contribution in [0.15, 0.2) is 4.99 Å². The van der Waals surface area contributed by atoms with Gasteiger partial charge in [-0.2, -0.15) is 11.8 Å². The fraction of sp³-hybridized carbons (Fsp3) is 0.947. The third kappa shape index (κ3) is 6.14. The lowest BCUT2D eigenvalue weighted by Gasteiger charge is -2.34. The number of thioether (sulfide) groups is 1. The predicted octanol–water partition coefficient (Wildman–Crippen LogP) is 3.09. The molecule has 0 bridgehead atoms. The van der Waals surface area contributed by atoms with Gasteiger partial charge in [-0.3, -0.25) is 9.89 Å². The minimum Gasteiger partial charge on any atom is -0.381 e. The second-order valence-electron chi connectivity index (χ2n) is 7.76. The quantitative estimate of drug-likeness (QED) is 0.336. The van der Waals surface area contributed by atoms with Crippen LogP contribution in [0.1, 0.15) is 51.9 Å². The Labute approximate surface area is 180 Å². The van der Waals surface area contributed by atoms with Gasteiger partial charge < -0.3 is 15.4 Å². The molecule has 0 spiro atoms. The summed E-state index contributed by atoms with van der Waals surface area (Å²) in [5.74, 6) is 1.00. The summed E-state index contributed by atoms with van der Waals surface area (Å²) in [5, 5.41) is 7.16. The van der Waals surface area contributed by atoms with Gasteiger partial charge in [0.1, 0.15) is 0 Å². The highest BCUT2D eigenvalue weighted by Crippen LogP contribution is 2.34. The van der Waals surface area contributed by atoms with E-state index in [1.54, 1.807) is 0 Å². The summed E-state index contributed by atoms with van der Waals surface area (Å²) in [6.45, 7) is 8.12. The molecule has 2 aliphatic heterocycles. The Hall–Kier alpha value is 0.270. The topological polar surface area (TPSA) is 48.9 Å². The first-order valence-electron chi connectivity index (χ1n) is 10.2. The minimum absolute atomic E-state index is 0. The van der Waals surface area contributed by atoms with Gasteiger partial charge in [-0.05, 0) is 45.3 Å². The number of rotatable bonds is 6. The molecule has 5 nitrogen and oxygen atoms in total. The summed E-state index contributed by atoms with van der Waals surface area (Å²) in [7, 11) is 0. The highest BCUT2D eigenvalue weighted by Gasteiger charge is 2.33. The average Bonchev–Trinajstić information content (AvgIpc) is 3.32. The van der Waals surface area contributed by atoms with E-state index < -0.39 is 0 Å². The maximum atomic E-state index is 5.55. The molecule has 1 aliphatic carbocycles. The fourth-order valence-corrected chi connectivity index (χ4v) is 5.18. The fourth-order valence-electron chi connectivity index (χ4n) is 4.41. The Morgan fingerprint density at radius 2 is 1.96 bits per heavy atom. The summed E-state index contributed by atoms with van der Waals surface area (Å²) in [6.07, 6.45) is 11.3. The number of ether oxygens (including phenoxy) is 1. The molecule has 0 aromatic heterocycles. The van der Waals surface area contributed by atoms with E-state index in [0.29, 0.717) is 6.04 Å². The summed E-state index contributed by atoms with van der Waals surface area (Å²) in [4.78, 5) is 7.67. The van der Waals surface area contributed by atoms with Crippen molar-refractivity contribution >= 4 is 41.7 Å². The molecule has 3 fully saturated rings. The molecule has 3 rings (SSSR count). The highest BCUT2D eigenvalue weighted by molar-refractivity contribution is 14.0. The molecule has 152 valence electrons. The zero-order valence-electron chi connectivity index (χ0n) is 16.5. The van der Waals surface area contributed by atoms with Crippen LogP contribution in [0.25, 0.3) is 0 Å². The summed E-state index contributed by atoms with van der Waals surface area (Å²) < 4.78 is 5.81. The van der Waals surface area contributed by atoms with Gasteiger partial charge in [-0.1, -0.05) is 12.8 Å². The summed E-state index contributed by atoms with van der Waals surface area (Å²) >= 11 is 1.96. The van der Waals surface area contributed by atoms with Crippen LogP contribution in [0.3, 0.4) is 0 Å². The van der Waals surface area contributed by atoms with Crippen LogP contribution >= 0.6 is 35.7 Å². The molecule has 0 amide bonds. The normalized spacial score (nSPS) is 27.3. The molecule has 2 heterocycles. The van der Waals surface area contributed by atoms with Crippen molar-refractivity contribution in [1.82, 2.24) is 15.5 Å². The van der Waals surface area contributed by atoms with Gasteiger partial charge in [0, 0.05) is 49.7 Å². The Morgan fingerprint density at radius 1 is 1.23 bits per heavy atom. The number of guanidine groups is 1. The first-order valence-corrected chi connectivity index (χ1v) is 11.4. The van der Waals surface area contributed by atoms with Gasteiger partial charge >= 0.3 is 0 Å².